The Morgan fingerprint density at radius 1 is 0.800 bits per heavy atom. The van der Waals surface area contributed by atoms with Gasteiger partial charge in [-0.3, -0.25) is 0 Å². The number of allylic oxidation sites excluding steroid dienone is 1. The highest BCUT2D eigenvalue weighted by atomic mass is 16.5. The van der Waals surface area contributed by atoms with Gasteiger partial charge in [-0.05, 0) is 59.4 Å². The second kappa shape index (κ2) is 11.2. The lowest BCUT2D eigenvalue weighted by Crippen LogP contribution is -2.07. The quantitative estimate of drug-likeness (QED) is 0.410. The molecule has 3 heteroatoms. The summed E-state index contributed by atoms with van der Waals surface area (Å²) >= 11 is 0. The van der Waals surface area contributed by atoms with E-state index in [-0.39, 0.29) is 0 Å². The molecular formula is C27H31NO2. The summed E-state index contributed by atoms with van der Waals surface area (Å²) < 4.78 is 10.4. The maximum atomic E-state index is 5.31. The lowest BCUT2D eigenvalue weighted by atomic mass is 9.88. The van der Waals surface area contributed by atoms with Crippen molar-refractivity contribution in [3.8, 4) is 5.75 Å². The molecule has 3 aromatic carbocycles. The molecule has 0 amide bonds. The lowest BCUT2D eigenvalue weighted by Gasteiger charge is -2.17. The lowest BCUT2D eigenvalue weighted by molar-refractivity contribution is 0.211. The Balaban J connectivity index is 1.96. The third kappa shape index (κ3) is 5.74. The summed E-state index contributed by atoms with van der Waals surface area (Å²) in [4.78, 5) is 0. The Morgan fingerprint density at radius 3 is 2.07 bits per heavy atom. The molecule has 0 atom stereocenters. The van der Waals surface area contributed by atoms with Gasteiger partial charge in [-0.25, -0.2) is 0 Å². The minimum Gasteiger partial charge on any atom is -0.497 e. The van der Waals surface area contributed by atoms with E-state index in [1.807, 2.05) is 12.1 Å². The third-order valence-corrected chi connectivity index (χ3v) is 5.23. The molecule has 0 heterocycles. The first-order chi connectivity index (χ1) is 14.7. The normalized spacial score (nSPS) is 11.7. The molecule has 0 unspecified atom stereocenters. The average Bonchev–Trinajstić information content (AvgIpc) is 2.81. The van der Waals surface area contributed by atoms with Gasteiger partial charge in [-0.15, -0.1) is 0 Å². The molecule has 0 saturated carbocycles. The van der Waals surface area contributed by atoms with E-state index >= 15 is 0 Å². The predicted octanol–water partition coefficient (Wildman–Crippen LogP) is 6.21. The summed E-state index contributed by atoms with van der Waals surface area (Å²) in [6.45, 7) is 3.73. The zero-order chi connectivity index (χ0) is 21.2. The number of hydrogen-bond donors (Lipinski definition) is 1. The number of methoxy groups -OCH3 is 2. The molecule has 0 radical (unpaired) electrons. The van der Waals surface area contributed by atoms with Crippen LogP contribution in [0, 0.1) is 0 Å². The zero-order valence-corrected chi connectivity index (χ0v) is 18.2. The first-order valence-electron chi connectivity index (χ1n) is 10.5. The van der Waals surface area contributed by atoms with Crippen molar-refractivity contribution in [1.29, 1.82) is 0 Å². The fraction of sp³-hybridized carbons (Fsp3) is 0.259. The maximum Gasteiger partial charge on any atom is 0.118 e. The molecule has 1 N–H and O–H groups in total. The smallest absolute Gasteiger partial charge is 0.118 e. The van der Waals surface area contributed by atoms with E-state index < -0.39 is 0 Å². The van der Waals surface area contributed by atoms with Gasteiger partial charge in [0.25, 0.3) is 0 Å². The number of benzene rings is 3. The molecule has 0 fully saturated rings. The van der Waals surface area contributed by atoms with E-state index in [9.17, 15) is 0 Å². The fourth-order valence-corrected chi connectivity index (χ4v) is 3.61. The Labute approximate surface area is 180 Å². The van der Waals surface area contributed by atoms with Crippen LogP contribution in [0.25, 0.3) is 5.57 Å². The van der Waals surface area contributed by atoms with E-state index in [0.29, 0.717) is 6.61 Å². The van der Waals surface area contributed by atoms with Gasteiger partial charge in [0.2, 0.25) is 0 Å². The molecule has 3 aromatic rings. The molecule has 3 rings (SSSR count). The summed E-state index contributed by atoms with van der Waals surface area (Å²) in [6, 6.07) is 27.8. The molecular weight excluding hydrogens is 370 g/mol. The topological polar surface area (TPSA) is 30.5 Å². The van der Waals surface area contributed by atoms with Gasteiger partial charge in [-0.2, -0.15) is 0 Å². The van der Waals surface area contributed by atoms with Crippen molar-refractivity contribution < 1.29 is 9.47 Å². The minimum absolute atomic E-state index is 0.693. The number of ether oxygens (including phenoxy) is 2. The molecule has 0 aliphatic heterocycles. The van der Waals surface area contributed by atoms with Crippen LogP contribution in [0.1, 0.15) is 30.0 Å². The van der Waals surface area contributed by atoms with Gasteiger partial charge < -0.3 is 14.8 Å². The van der Waals surface area contributed by atoms with Crippen LogP contribution >= 0.6 is 0 Å². The van der Waals surface area contributed by atoms with Crippen LogP contribution in [0.4, 0.5) is 5.69 Å². The second-order valence-electron chi connectivity index (χ2n) is 7.22. The van der Waals surface area contributed by atoms with Gasteiger partial charge in [0.15, 0.2) is 0 Å². The van der Waals surface area contributed by atoms with Crippen LogP contribution in [-0.4, -0.2) is 27.4 Å². The van der Waals surface area contributed by atoms with Gasteiger partial charge >= 0.3 is 0 Å². The number of hydrogen-bond acceptors (Lipinski definition) is 3. The van der Waals surface area contributed by atoms with Crippen molar-refractivity contribution in [2.75, 3.05) is 32.7 Å². The molecule has 30 heavy (non-hydrogen) atoms. The van der Waals surface area contributed by atoms with Crippen LogP contribution in [0.2, 0.25) is 0 Å². The molecule has 156 valence electrons. The van der Waals surface area contributed by atoms with Crippen LogP contribution in [0.15, 0.2) is 84.4 Å². The monoisotopic (exact) mass is 401 g/mol. The van der Waals surface area contributed by atoms with Crippen molar-refractivity contribution in [2.45, 2.75) is 19.8 Å². The molecule has 0 aliphatic carbocycles. The summed E-state index contributed by atoms with van der Waals surface area (Å²) in [6.07, 6.45) is 1.91. The second-order valence-corrected chi connectivity index (χ2v) is 7.22. The SMILES string of the molecule is CC/C(Cc1ccc(OC)cc1)=C(\c1ccccc1)c1ccc(NCCOC)cc1. The molecule has 0 saturated heterocycles. The van der Waals surface area contributed by atoms with E-state index in [2.05, 4.69) is 79.0 Å². The maximum absolute atomic E-state index is 5.31. The summed E-state index contributed by atoms with van der Waals surface area (Å²) in [5, 5.41) is 3.39. The van der Waals surface area contributed by atoms with Crippen LogP contribution in [0.3, 0.4) is 0 Å². The summed E-state index contributed by atoms with van der Waals surface area (Å²) in [5.41, 5.74) is 7.63. The van der Waals surface area contributed by atoms with Crippen LogP contribution in [0.5, 0.6) is 5.75 Å². The summed E-state index contributed by atoms with van der Waals surface area (Å²) in [5.74, 6) is 0.889. The Bertz CT molecular complexity index is 929. The van der Waals surface area contributed by atoms with Gasteiger partial charge in [-0.1, -0.05) is 67.1 Å². The number of anilines is 1. The molecule has 0 bridgehead atoms. The van der Waals surface area contributed by atoms with E-state index in [1.165, 1.54) is 27.8 Å². The average molecular weight is 402 g/mol. The van der Waals surface area contributed by atoms with Crippen molar-refractivity contribution >= 4 is 11.3 Å². The van der Waals surface area contributed by atoms with E-state index in [1.54, 1.807) is 14.2 Å². The van der Waals surface area contributed by atoms with Crippen molar-refractivity contribution in [1.82, 2.24) is 0 Å². The van der Waals surface area contributed by atoms with Crippen molar-refractivity contribution in [2.24, 2.45) is 0 Å². The van der Waals surface area contributed by atoms with Crippen LogP contribution < -0.4 is 10.1 Å². The Hall–Kier alpha value is -3.04. The molecule has 0 spiro atoms. The van der Waals surface area contributed by atoms with Gasteiger partial charge in [0, 0.05) is 19.3 Å². The number of nitrogens with one attached hydrogen (secondary N) is 1. The molecule has 0 aliphatic rings. The fourth-order valence-electron chi connectivity index (χ4n) is 3.61. The van der Waals surface area contributed by atoms with Gasteiger partial charge in [0.05, 0.1) is 13.7 Å². The third-order valence-electron chi connectivity index (χ3n) is 5.23. The highest BCUT2D eigenvalue weighted by molar-refractivity contribution is 5.83. The van der Waals surface area contributed by atoms with Gasteiger partial charge in [0.1, 0.15) is 5.75 Å². The summed E-state index contributed by atoms with van der Waals surface area (Å²) in [7, 11) is 3.42. The Kier molecular flexibility index (Phi) is 8.10. The number of rotatable bonds is 10. The van der Waals surface area contributed by atoms with Crippen LogP contribution in [-0.2, 0) is 11.2 Å². The predicted molar refractivity (Wildman–Crippen MR) is 126 cm³/mol. The highest BCUT2D eigenvalue weighted by Gasteiger charge is 2.12. The van der Waals surface area contributed by atoms with Crippen molar-refractivity contribution in [3.05, 3.63) is 101 Å². The molecule has 3 nitrogen and oxygen atoms in total. The molecule has 0 aromatic heterocycles. The first-order valence-corrected chi connectivity index (χ1v) is 10.5. The Morgan fingerprint density at radius 2 is 1.47 bits per heavy atom. The standard InChI is InChI=1S/C27H31NO2/c1-4-22(20-21-10-16-26(30-3)17-11-21)27(23-8-6-5-7-9-23)24-12-14-25(15-13-24)28-18-19-29-2/h5-17,28H,4,18-20H2,1-3H3/b27-22-. The largest absolute Gasteiger partial charge is 0.497 e. The first kappa shape index (κ1) is 21.7. The van der Waals surface area contributed by atoms with E-state index in [4.69, 9.17) is 9.47 Å². The van der Waals surface area contributed by atoms with E-state index in [0.717, 1.165) is 30.8 Å². The minimum atomic E-state index is 0.693. The van der Waals surface area contributed by atoms with Crippen molar-refractivity contribution in [3.63, 3.8) is 0 Å². The zero-order valence-electron chi connectivity index (χ0n) is 18.2. The highest BCUT2D eigenvalue weighted by Crippen LogP contribution is 2.31.